The minimum Gasteiger partial charge on any atom is -0.366 e. The summed E-state index contributed by atoms with van der Waals surface area (Å²) in [5.74, 6) is 0. The average molecular weight is 256 g/mol. The van der Waals surface area contributed by atoms with Crippen LogP contribution in [0.25, 0.3) is 0 Å². The molecule has 1 heterocycles. The second kappa shape index (κ2) is 7.91. The molecule has 1 aliphatic heterocycles. The molecule has 1 rings (SSSR count). The third-order valence-electron chi connectivity index (χ3n) is 0.621. The Labute approximate surface area is 75.3 Å². The van der Waals surface area contributed by atoms with E-state index in [1.807, 2.05) is 12.3 Å². The molecule has 9 heavy (non-hydrogen) atoms. The molecule has 2 nitrogen and oxygen atoms in total. The van der Waals surface area contributed by atoms with Crippen molar-refractivity contribution in [2.75, 3.05) is 0 Å². The summed E-state index contributed by atoms with van der Waals surface area (Å²) in [4.78, 5) is 3.82. The van der Waals surface area contributed by atoms with Crippen LogP contribution in [0, 0.1) is 0 Å². The lowest BCUT2D eigenvalue weighted by molar-refractivity contribution is 1.19. The molecule has 0 amide bonds. The molecule has 0 radical (unpaired) electrons. The maximum absolute atomic E-state index is 3.82. The number of rotatable bonds is 0. The van der Waals surface area contributed by atoms with Gasteiger partial charge in [0.25, 0.3) is 0 Å². The molecule has 4 heteroatoms. The third kappa shape index (κ3) is 5.79. The predicted octanol–water partition coefficient (Wildman–Crippen LogP) is 1.80. The number of allylic oxidation sites excluding steroid dienone is 1. The lowest BCUT2D eigenvalue weighted by Crippen LogP contribution is -1.87. The Morgan fingerprint density at radius 3 is 2.67 bits per heavy atom. The predicted molar refractivity (Wildman–Crippen MR) is 50.6 cm³/mol. The van der Waals surface area contributed by atoms with E-state index in [9.17, 15) is 0 Å². The Kier molecular flexibility index (Phi) is 10.3. The summed E-state index contributed by atoms with van der Waals surface area (Å²) in [6, 6.07) is 0. The van der Waals surface area contributed by atoms with Crippen molar-refractivity contribution in [3.05, 3.63) is 24.7 Å². The van der Waals surface area contributed by atoms with Gasteiger partial charge in [-0.05, 0) is 6.08 Å². The van der Waals surface area contributed by atoms with E-state index in [1.165, 1.54) is 0 Å². The zero-order valence-corrected chi connectivity index (χ0v) is 8.08. The van der Waals surface area contributed by atoms with Crippen molar-refractivity contribution < 1.29 is 0 Å². The molecule has 52 valence electrons. The number of nitrogens with zero attached hydrogens (tertiary/aromatic N) is 1. The zero-order valence-electron chi connectivity index (χ0n) is 4.65. The molecular formula is C5H8Br2N2. The van der Waals surface area contributed by atoms with Crippen LogP contribution in [0.15, 0.2) is 29.7 Å². The maximum atomic E-state index is 3.82. The normalized spacial score (nSPS) is 12.4. The van der Waals surface area contributed by atoms with E-state index in [0.29, 0.717) is 0 Å². The molecule has 0 aromatic heterocycles. The molecule has 0 saturated carbocycles. The van der Waals surface area contributed by atoms with Gasteiger partial charge in [0.1, 0.15) is 0 Å². The lowest BCUT2D eigenvalue weighted by Gasteiger charge is -1.78. The molecule has 0 atom stereocenters. The van der Waals surface area contributed by atoms with E-state index < -0.39 is 0 Å². The summed E-state index contributed by atoms with van der Waals surface area (Å²) >= 11 is 0. The first kappa shape index (κ1) is 11.7. The smallest absolute Gasteiger partial charge is 0.0427 e. The van der Waals surface area contributed by atoms with Crippen molar-refractivity contribution in [3.63, 3.8) is 0 Å². The number of nitrogens with one attached hydrogen (secondary N) is 1. The van der Waals surface area contributed by atoms with E-state index in [2.05, 4.69) is 10.3 Å². The van der Waals surface area contributed by atoms with Crippen LogP contribution in [0.4, 0.5) is 0 Å². The van der Waals surface area contributed by atoms with Gasteiger partial charge in [-0.2, -0.15) is 0 Å². The Balaban J connectivity index is 0. The van der Waals surface area contributed by atoms with Gasteiger partial charge in [0.15, 0.2) is 0 Å². The highest BCUT2D eigenvalue weighted by molar-refractivity contribution is 8.93. The molecule has 0 spiro atoms. The highest BCUT2D eigenvalue weighted by Gasteiger charge is 1.68. The Morgan fingerprint density at radius 1 is 1.11 bits per heavy atom. The molecule has 0 aromatic rings. The van der Waals surface area contributed by atoms with E-state index >= 15 is 0 Å². The molecular weight excluding hydrogens is 248 g/mol. The zero-order chi connectivity index (χ0) is 4.95. The number of hydrogen-bond donors (Lipinski definition) is 1. The van der Waals surface area contributed by atoms with E-state index in [1.54, 1.807) is 18.6 Å². The highest BCUT2D eigenvalue weighted by Crippen LogP contribution is 1.75. The highest BCUT2D eigenvalue weighted by atomic mass is 79.9. The second-order valence-corrected chi connectivity index (χ2v) is 1.14. The first-order valence-electron chi connectivity index (χ1n) is 2.09. The Morgan fingerprint density at radius 2 is 1.89 bits per heavy atom. The van der Waals surface area contributed by atoms with Crippen molar-refractivity contribution in [2.45, 2.75) is 0 Å². The maximum Gasteiger partial charge on any atom is 0.0427 e. The molecule has 1 N–H and O–H groups in total. The van der Waals surface area contributed by atoms with Crippen LogP contribution in [-0.4, -0.2) is 6.21 Å². The Bertz CT molecular complexity index is 115. The van der Waals surface area contributed by atoms with Crippen LogP contribution in [-0.2, 0) is 0 Å². The van der Waals surface area contributed by atoms with Crippen molar-refractivity contribution in [2.24, 2.45) is 4.99 Å². The monoisotopic (exact) mass is 254 g/mol. The fourth-order valence-corrected chi connectivity index (χ4v) is 0.340. The second-order valence-electron chi connectivity index (χ2n) is 1.14. The summed E-state index contributed by atoms with van der Waals surface area (Å²) in [5.41, 5.74) is 0. The van der Waals surface area contributed by atoms with Crippen molar-refractivity contribution in [1.29, 1.82) is 0 Å². The standard InChI is InChI=1S/C5H6N2.2BrH/c1-2-6-4-5-7-3-1;;/h1-6H;2*1H. The first-order chi connectivity index (χ1) is 3.50. The molecule has 1 aliphatic rings. The minimum atomic E-state index is 0. The summed E-state index contributed by atoms with van der Waals surface area (Å²) in [7, 11) is 0. The Hall–Kier alpha value is -0.0900. The molecule has 0 unspecified atom stereocenters. The van der Waals surface area contributed by atoms with Crippen LogP contribution in [0.2, 0.25) is 0 Å². The number of aliphatic imine (C=N–C) groups is 1. The SMILES string of the molecule is Br.Br.C1=CNC=CN=C1. The fraction of sp³-hybridized carbons (Fsp3) is 0. The van der Waals surface area contributed by atoms with Gasteiger partial charge in [0, 0.05) is 24.8 Å². The van der Waals surface area contributed by atoms with Gasteiger partial charge in [-0.25, -0.2) is 0 Å². The third-order valence-corrected chi connectivity index (χ3v) is 0.621. The van der Waals surface area contributed by atoms with Gasteiger partial charge < -0.3 is 5.32 Å². The quantitative estimate of drug-likeness (QED) is 0.702. The van der Waals surface area contributed by atoms with E-state index in [4.69, 9.17) is 0 Å². The summed E-state index contributed by atoms with van der Waals surface area (Å²) < 4.78 is 0. The van der Waals surface area contributed by atoms with Crippen LogP contribution >= 0.6 is 34.0 Å². The first-order valence-corrected chi connectivity index (χ1v) is 2.09. The van der Waals surface area contributed by atoms with Gasteiger partial charge in [-0.3, -0.25) is 4.99 Å². The van der Waals surface area contributed by atoms with Crippen LogP contribution in [0.3, 0.4) is 0 Å². The van der Waals surface area contributed by atoms with E-state index in [0.717, 1.165) is 0 Å². The topological polar surface area (TPSA) is 24.4 Å². The molecule has 0 aliphatic carbocycles. The minimum absolute atomic E-state index is 0. The molecule has 0 aromatic carbocycles. The number of hydrogen-bond acceptors (Lipinski definition) is 2. The van der Waals surface area contributed by atoms with Gasteiger partial charge in [-0.1, -0.05) is 0 Å². The average Bonchev–Trinajstić information content (AvgIpc) is 1.90. The molecule has 0 saturated heterocycles. The van der Waals surface area contributed by atoms with Crippen LogP contribution in [0.5, 0.6) is 0 Å². The summed E-state index contributed by atoms with van der Waals surface area (Å²) in [6.07, 6.45) is 8.82. The van der Waals surface area contributed by atoms with E-state index in [-0.39, 0.29) is 34.0 Å². The summed E-state index contributed by atoms with van der Waals surface area (Å²) in [5, 5.41) is 2.86. The van der Waals surface area contributed by atoms with Crippen molar-refractivity contribution in [1.82, 2.24) is 5.32 Å². The molecule has 0 bridgehead atoms. The summed E-state index contributed by atoms with van der Waals surface area (Å²) in [6.45, 7) is 0. The van der Waals surface area contributed by atoms with Gasteiger partial charge in [-0.15, -0.1) is 34.0 Å². The van der Waals surface area contributed by atoms with Gasteiger partial charge >= 0.3 is 0 Å². The fourth-order valence-electron chi connectivity index (χ4n) is 0.340. The van der Waals surface area contributed by atoms with Crippen molar-refractivity contribution >= 4 is 40.2 Å². The van der Waals surface area contributed by atoms with Gasteiger partial charge in [0.05, 0.1) is 0 Å². The lowest BCUT2D eigenvalue weighted by atomic mass is 10.7. The largest absolute Gasteiger partial charge is 0.366 e. The van der Waals surface area contributed by atoms with Crippen molar-refractivity contribution in [3.8, 4) is 0 Å². The number of halogens is 2. The molecule has 0 fully saturated rings. The van der Waals surface area contributed by atoms with Crippen LogP contribution < -0.4 is 5.32 Å². The van der Waals surface area contributed by atoms with Gasteiger partial charge in [0.2, 0.25) is 0 Å². The van der Waals surface area contributed by atoms with Crippen LogP contribution in [0.1, 0.15) is 0 Å².